The lowest BCUT2D eigenvalue weighted by molar-refractivity contribution is -0.131. The predicted octanol–water partition coefficient (Wildman–Crippen LogP) is 1.19. The van der Waals surface area contributed by atoms with Crippen LogP contribution in [0.4, 0.5) is 4.79 Å². The highest BCUT2D eigenvalue weighted by atomic mass is 16.6. The molecule has 2 heterocycles. The summed E-state index contributed by atoms with van der Waals surface area (Å²) in [7, 11) is 0. The van der Waals surface area contributed by atoms with Crippen molar-refractivity contribution in [3.8, 4) is 0 Å². The van der Waals surface area contributed by atoms with E-state index in [9.17, 15) is 9.59 Å². The van der Waals surface area contributed by atoms with Gasteiger partial charge < -0.3 is 20.3 Å². The molecule has 120 valence electrons. The molecular weight excluding hydrogens is 270 g/mol. The first-order valence-electron chi connectivity index (χ1n) is 7.70. The zero-order chi connectivity index (χ0) is 15.7. The number of ether oxygens (including phenoxy) is 1. The van der Waals surface area contributed by atoms with Gasteiger partial charge >= 0.3 is 6.09 Å². The fourth-order valence-corrected chi connectivity index (χ4v) is 3.19. The van der Waals surface area contributed by atoms with E-state index < -0.39 is 5.60 Å². The molecule has 2 aliphatic heterocycles. The van der Waals surface area contributed by atoms with E-state index in [2.05, 4.69) is 0 Å². The molecule has 2 saturated heterocycles. The summed E-state index contributed by atoms with van der Waals surface area (Å²) in [6.45, 7) is 8.72. The van der Waals surface area contributed by atoms with Gasteiger partial charge in [-0.1, -0.05) is 0 Å². The highest BCUT2D eigenvalue weighted by Gasteiger charge is 2.43. The highest BCUT2D eigenvalue weighted by molar-refractivity contribution is 5.78. The lowest BCUT2D eigenvalue weighted by Crippen LogP contribution is -2.46. The number of nitrogens with two attached hydrogens (primary N) is 1. The molecule has 2 N–H and O–H groups in total. The molecule has 6 heteroatoms. The Kier molecular flexibility index (Phi) is 4.46. The Bertz CT molecular complexity index is 409. The molecule has 0 atom stereocenters. The molecule has 21 heavy (non-hydrogen) atoms. The van der Waals surface area contributed by atoms with E-state index in [0.29, 0.717) is 0 Å². The third-order valence-corrected chi connectivity index (χ3v) is 4.44. The maximum absolute atomic E-state index is 12.1. The van der Waals surface area contributed by atoms with Crippen LogP contribution < -0.4 is 5.73 Å². The lowest BCUT2D eigenvalue weighted by Gasteiger charge is -2.39. The normalized spacial score (nSPS) is 21.7. The molecule has 0 aromatic heterocycles. The summed E-state index contributed by atoms with van der Waals surface area (Å²) in [5, 5.41) is 0. The summed E-state index contributed by atoms with van der Waals surface area (Å²) in [6, 6.07) is 0. The van der Waals surface area contributed by atoms with Crippen LogP contribution in [0, 0.1) is 5.41 Å². The standard InChI is InChI=1S/C15H27N3O3/c1-14(2,3)21-13(20)18-9-6-15(11-18)4-7-17(8-5-15)12(19)10-16/h4-11,16H2,1-3H3. The van der Waals surface area contributed by atoms with Crippen molar-refractivity contribution in [2.75, 3.05) is 32.7 Å². The van der Waals surface area contributed by atoms with Gasteiger partial charge in [0, 0.05) is 26.2 Å². The number of amides is 2. The van der Waals surface area contributed by atoms with Crippen LogP contribution in [0.25, 0.3) is 0 Å². The minimum Gasteiger partial charge on any atom is -0.444 e. The van der Waals surface area contributed by atoms with Crippen LogP contribution in [-0.4, -0.2) is 60.1 Å². The van der Waals surface area contributed by atoms with E-state index in [-0.39, 0.29) is 24.0 Å². The van der Waals surface area contributed by atoms with Gasteiger partial charge in [0.05, 0.1) is 6.54 Å². The first-order valence-corrected chi connectivity index (χ1v) is 7.70. The van der Waals surface area contributed by atoms with Crippen molar-refractivity contribution in [3.63, 3.8) is 0 Å². The third kappa shape index (κ3) is 3.87. The molecule has 1 spiro atoms. The molecule has 2 fully saturated rings. The number of nitrogens with zero attached hydrogens (tertiary/aromatic N) is 2. The molecule has 0 bridgehead atoms. The summed E-state index contributed by atoms with van der Waals surface area (Å²) >= 11 is 0. The Morgan fingerprint density at radius 1 is 1.10 bits per heavy atom. The van der Waals surface area contributed by atoms with Crippen LogP contribution in [0.5, 0.6) is 0 Å². The third-order valence-electron chi connectivity index (χ3n) is 4.44. The number of rotatable bonds is 1. The molecular formula is C15H27N3O3. The van der Waals surface area contributed by atoms with E-state index in [4.69, 9.17) is 10.5 Å². The highest BCUT2D eigenvalue weighted by Crippen LogP contribution is 2.40. The van der Waals surface area contributed by atoms with E-state index >= 15 is 0 Å². The molecule has 0 unspecified atom stereocenters. The molecule has 0 aromatic rings. The lowest BCUT2D eigenvalue weighted by atomic mass is 9.78. The molecule has 0 aromatic carbocycles. The zero-order valence-electron chi connectivity index (χ0n) is 13.4. The van der Waals surface area contributed by atoms with Gasteiger partial charge in [0.25, 0.3) is 0 Å². The van der Waals surface area contributed by atoms with Crippen molar-refractivity contribution >= 4 is 12.0 Å². The van der Waals surface area contributed by atoms with Crippen LogP contribution in [0.1, 0.15) is 40.0 Å². The largest absolute Gasteiger partial charge is 0.444 e. The first kappa shape index (κ1) is 16.1. The maximum atomic E-state index is 12.1. The van der Waals surface area contributed by atoms with Gasteiger partial charge in [0.15, 0.2) is 0 Å². The Labute approximate surface area is 126 Å². The van der Waals surface area contributed by atoms with Crippen molar-refractivity contribution < 1.29 is 14.3 Å². The van der Waals surface area contributed by atoms with Gasteiger partial charge in [-0.05, 0) is 45.4 Å². The Morgan fingerprint density at radius 2 is 1.62 bits per heavy atom. The van der Waals surface area contributed by atoms with Gasteiger partial charge in [-0.2, -0.15) is 0 Å². The van der Waals surface area contributed by atoms with Crippen molar-refractivity contribution in [1.82, 2.24) is 9.80 Å². The smallest absolute Gasteiger partial charge is 0.410 e. The van der Waals surface area contributed by atoms with E-state index in [1.807, 2.05) is 30.6 Å². The molecule has 6 nitrogen and oxygen atoms in total. The van der Waals surface area contributed by atoms with Gasteiger partial charge in [-0.15, -0.1) is 0 Å². The summed E-state index contributed by atoms with van der Waals surface area (Å²) in [5.41, 5.74) is 5.11. The van der Waals surface area contributed by atoms with Gasteiger partial charge in [-0.25, -0.2) is 4.79 Å². The average Bonchev–Trinajstić information content (AvgIpc) is 2.81. The SMILES string of the molecule is CC(C)(C)OC(=O)N1CCC2(CCN(C(=O)CN)CC2)C1. The Balaban J connectivity index is 1.88. The van der Waals surface area contributed by atoms with E-state index in [0.717, 1.165) is 45.4 Å². The number of piperidine rings is 1. The van der Waals surface area contributed by atoms with Crippen molar-refractivity contribution in [3.05, 3.63) is 0 Å². The Morgan fingerprint density at radius 3 is 2.10 bits per heavy atom. The number of carbonyl (C=O) groups is 2. The molecule has 2 amide bonds. The van der Waals surface area contributed by atoms with Gasteiger partial charge in [0.2, 0.25) is 5.91 Å². The van der Waals surface area contributed by atoms with Crippen LogP contribution in [0.2, 0.25) is 0 Å². The minimum absolute atomic E-state index is 0.0202. The van der Waals surface area contributed by atoms with Crippen LogP contribution in [0.3, 0.4) is 0 Å². The maximum Gasteiger partial charge on any atom is 0.410 e. The van der Waals surface area contributed by atoms with Gasteiger partial charge in [-0.3, -0.25) is 4.79 Å². The quantitative estimate of drug-likeness (QED) is 0.789. The Hall–Kier alpha value is -1.30. The summed E-state index contributed by atoms with van der Waals surface area (Å²) in [4.78, 5) is 27.4. The van der Waals surface area contributed by atoms with Crippen molar-refractivity contribution in [2.45, 2.75) is 45.6 Å². The van der Waals surface area contributed by atoms with Crippen LogP contribution in [0.15, 0.2) is 0 Å². The molecule has 2 rings (SSSR count). The van der Waals surface area contributed by atoms with Crippen LogP contribution >= 0.6 is 0 Å². The van der Waals surface area contributed by atoms with E-state index in [1.54, 1.807) is 0 Å². The summed E-state index contributed by atoms with van der Waals surface area (Å²) < 4.78 is 5.44. The molecule has 2 aliphatic rings. The fourth-order valence-electron chi connectivity index (χ4n) is 3.19. The van der Waals surface area contributed by atoms with Gasteiger partial charge in [0.1, 0.15) is 5.60 Å². The number of carbonyl (C=O) groups excluding carboxylic acids is 2. The number of hydrogen-bond donors (Lipinski definition) is 1. The second-order valence-electron chi connectivity index (χ2n) is 7.24. The fraction of sp³-hybridized carbons (Fsp3) is 0.867. The summed E-state index contributed by atoms with van der Waals surface area (Å²) in [6.07, 6.45) is 2.66. The number of hydrogen-bond acceptors (Lipinski definition) is 4. The first-order chi connectivity index (χ1) is 9.75. The monoisotopic (exact) mass is 297 g/mol. The second kappa shape index (κ2) is 5.83. The number of likely N-dealkylation sites (tertiary alicyclic amines) is 2. The molecule has 0 aliphatic carbocycles. The van der Waals surface area contributed by atoms with Crippen molar-refractivity contribution in [2.24, 2.45) is 11.1 Å². The second-order valence-corrected chi connectivity index (χ2v) is 7.24. The van der Waals surface area contributed by atoms with Crippen molar-refractivity contribution in [1.29, 1.82) is 0 Å². The zero-order valence-corrected chi connectivity index (χ0v) is 13.4. The summed E-state index contributed by atoms with van der Waals surface area (Å²) in [5.74, 6) is 0.0202. The topological polar surface area (TPSA) is 75.9 Å². The minimum atomic E-state index is -0.455. The molecule has 0 saturated carbocycles. The van der Waals surface area contributed by atoms with Crippen LogP contribution in [-0.2, 0) is 9.53 Å². The van der Waals surface area contributed by atoms with E-state index in [1.165, 1.54) is 0 Å². The molecule has 0 radical (unpaired) electrons. The average molecular weight is 297 g/mol. The predicted molar refractivity (Wildman–Crippen MR) is 79.7 cm³/mol.